The van der Waals surface area contributed by atoms with Crippen molar-refractivity contribution in [2.45, 2.75) is 19.3 Å². The number of carbonyl (C=O) groups excluding carboxylic acids is 1. The highest BCUT2D eigenvalue weighted by atomic mass is 19.1. The summed E-state index contributed by atoms with van der Waals surface area (Å²) in [4.78, 5) is 11.3. The van der Waals surface area contributed by atoms with Gasteiger partial charge in [-0.3, -0.25) is 4.79 Å². The first kappa shape index (κ1) is 10.6. The van der Waals surface area contributed by atoms with Crippen molar-refractivity contribution < 1.29 is 9.18 Å². The Labute approximate surface area is 83.3 Å². The summed E-state index contributed by atoms with van der Waals surface area (Å²) in [6.07, 6.45) is 2.98. The van der Waals surface area contributed by atoms with Gasteiger partial charge in [-0.1, -0.05) is 24.3 Å². The molecule has 0 amide bonds. The van der Waals surface area contributed by atoms with E-state index in [1.54, 1.807) is 24.3 Å². The molecule has 0 unspecified atom stereocenters. The molecule has 0 aliphatic carbocycles. The number of hydrogen-bond acceptors (Lipinski definition) is 1. The molecule has 1 nitrogen and oxygen atoms in total. The average Bonchev–Trinajstić information content (AvgIpc) is 2.18. The summed E-state index contributed by atoms with van der Waals surface area (Å²) >= 11 is 0. The first-order valence-corrected chi connectivity index (χ1v) is 4.60. The smallest absolute Gasteiger partial charge is 0.137 e. The summed E-state index contributed by atoms with van der Waals surface area (Å²) in [7, 11) is 0. The molecule has 0 aliphatic heterocycles. The molecule has 0 aliphatic rings. The molecule has 0 saturated heterocycles. The molecule has 0 heterocycles. The zero-order valence-corrected chi connectivity index (χ0v) is 8.00. The van der Waals surface area contributed by atoms with Crippen molar-refractivity contribution in [2.75, 3.05) is 0 Å². The third kappa shape index (κ3) is 3.13. The Morgan fingerprint density at radius 1 is 1.43 bits per heavy atom. The van der Waals surface area contributed by atoms with E-state index >= 15 is 0 Å². The van der Waals surface area contributed by atoms with Crippen LogP contribution in [0.1, 0.15) is 18.4 Å². The fraction of sp³-hybridized carbons (Fsp3) is 0.250. The molecule has 1 rings (SSSR count). The predicted molar refractivity (Wildman–Crippen MR) is 54.5 cm³/mol. The fourth-order valence-electron chi connectivity index (χ4n) is 1.21. The molecule has 0 spiro atoms. The number of hydrogen-bond donors (Lipinski definition) is 0. The van der Waals surface area contributed by atoms with Crippen LogP contribution >= 0.6 is 0 Å². The fourth-order valence-corrected chi connectivity index (χ4v) is 1.21. The number of halogens is 1. The number of ketones is 1. The van der Waals surface area contributed by atoms with Gasteiger partial charge in [0, 0.05) is 12.8 Å². The maximum Gasteiger partial charge on any atom is 0.137 e. The normalized spacial score (nSPS) is 9.79. The van der Waals surface area contributed by atoms with E-state index in [0.717, 1.165) is 0 Å². The van der Waals surface area contributed by atoms with Gasteiger partial charge in [-0.05, 0) is 18.1 Å². The van der Waals surface area contributed by atoms with Crippen LogP contribution in [0, 0.1) is 5.82 Å². The molecule has 0 atom stereocenters. The van der Waals surface area contributed by atoms with Crippen molar-refractivity contribution in [2.24, 2.45) is 0 Å². The standard InChI is InChI=1S/C12H13FO/c1-2-3-7-11(14)9-10-6-4-5-8-12(10)13/h2,4-6,8H,1,3,7,9H2. The summed E-state index contributed by atoms with van der Waals surface area (Å²) in [5, 5.41) is 0. The molecule has 14 heavy (non-hydrogen) atoms. The number of benzene rings is 1. The van der Waals surface area contributed by atoms with Crippen molar-refractivity contribution >= 4 is 5.78 Å². The van der Waals surface area contributed by atoms with E-state index < -0.39 is 0 Å². The third-order valence-electron chi connectivity index (χ3n) is 1.97. The van der Waals surface area contributed by atoms with Crippen LogP contribution in [0.5, 0.6) is 0 Å². The molecule has 0 radical (unpaired) electrons. The lowest BCUT2D eigenvalue weighted by atomic mass is 10.1. The quantitative estimate of drug-likeness (QED) is 0.655. The molecule has 74 valence electrons. The zero-order valence-electron chi connectivity index (χ0n) is 8.00. The molecule has 2 heteroatoms. The molecule has 0 bridgehead atoms. The number of Topliss-reactive ketones (excluding diaryl/α,β-unsaturated/α-hetero) is 1. The van der Waals surface area contributed by atoms with Crippen LogP contribution < -0.4 is 0 Å². The van der Waals surface area contributed by atoms with E-state index in [0.29, 0.717) is 18.4 Å². The number of carbonyl (C=O) groups is 1. The van der Waals surface area contributed by atoms with Crippen LogP contribution in [0.3, 0.4) is 0 Å². The Morgan fingerprint density at radius 3 is 2.79 bits per heavy atom. The van der Waals surface area contributed by atoms with Crippen LogP contribution in [-0.4, -0.2) is 5.78 Å². The molecule has 0 aromatic heterocycles. The average molecular weight is 192 g/mol. The minimum Gasteiger partial charge on any atom is -0.299 e. The van der Waals surface area contributed by atoms with Gasteiger partial charge in [0.05, 0.1) is 0 Å². The second-order valence-corrected chi connectivity index (χ2v) is 3.13. The van der Waals surface area contributed by atoms with Gasteiger partial charge < -0.3 is 0 Å². The van der Waals surface area contributed by atoms with Gasteiger partial charge in [-0.15, -0.1) is 6.58 Å². The Balaban J connectivity index is 2.56. The second-order valence-electron chi connectivity index (χ2n) is 3.13. The van der Waals surface area contributed by atoms with Crippen molar-refractivity contribution in [3.05, 3.63) is 48.3 Å². The lowest BCUT2D eigenvalue weighted by Gasteiger charge is -2.00. The highest BCUT2D eigenvalue weighted by Gasteiger charge is 2.06. The van der Waals surface area contributed by atoms with Gasteiger partial charge in [0.25, 0.3) is 0 Å². The molecular formula is C12H13FO. The van der Waals surface area contributed by atoms with Gasteiger partial charge >= 0.3 is 0 Å². The zero-order chi connectivity index (χ0) is 10.4. The van der Waals surface area contributed by atoms with Crippen LogP contribution in [0.2, 0.25) is 0 Å². The summed E-state index contributed by atoms with van der Waals surface area (Å²) in [6, 6.07) is 6.36. The van der Waals surface area contributed by atoms with Crippen molar-refractivity contribution in [3.63, 3.8) is 0 Å². The van der Waals surface area contributed by atoms with Crippen LogP contribution in [-0.2, 0) is 11.2 Å². The molecule has 0 saturated carbocycles. The minimum absolute atomic E-state index is 0.0509. The van der Waals surface area contributed by atoms with E-state index in [1.165, 1.54) is 6.07 Å². The predicted octanol–water partition coefficient (Wildman–Crippen LogP) is 2.90. The van der Waals surface area contributed by atoms with E-state index in [2.05, 4.69) is 6.58 Å². The Hall–Kier alpha value is -1.44. The number of rotatable bonds is 5. The van der Waals surface area contributed by atoms with Gasteiger partial charge in [-0.2, -0.15) is 0 Å². The molecular weight excluding hydrogens is 179 g/mol. The topological polar surface area (TPSA) is 17.1 Å². The monoisotopic (exact) mass is 192 g/mol. The Morgan fingerprint density at radius 2 is 2.14 bits per heavy atom. The van der Waals surface area contributed by atoms with Crippen LogP contribution in [0.4, 0.5) is 4.39 Å². The molecule has 1 aromatic carbocycles. The van der Waals surface area contributed by atoms with Gasteiger partial charge in [0.15, 0.2) is 0 Å². The SMILES string of the molecule is C=CCCC(=O)Cc1ccccc1F. The van der Waals surface area contributed by atoms with Gasteiger partial charge in [0.1, 0.15) is 11.6 Å². The summed E-state index contributed by atoms with van der Waals surface area (Å²) in [5.74, 6) is -0.255. The molecule has 0 N–H and O–H groups in total. The van der Waals surface area contributed by atoms with Crippen molar-refractivity contribution in [3.8, 4) is 0 Å². The molecule has 1 aromatic rings. The van der Waals surface area contributed by atoms with E-state index in [4.69, 9.17) is 0 Å². The largest absolute Gasteiger partial charge is 0.299 e. The van der Waals surface area contributed by atoms with Crippen LogP contribution in [0.25, 0.3) is 0 Å². The first-order valence-electron chi connectivity index (χ1n) is 4.60. The van der Waals surface area contributed by atoms with E-state index in [1.807, 2.05) is 0 Å². The minimum atomic E-state index is -0.306. The Bertz CT molecular complexity index is 331. The second kappa shape index (κ2) is 5.32. The molecule has 0 fully saturated rings. The van der Waals surface area contributed by atoms with E-state index in [9.17, 15) is 9.18 Å². The first-order chi connectivity index (χ1) is 6.74. The van der Waals surface area contributed by atoms with Gasteiger partial charge in [0.2, 0.25) is 0 Å². The summed E-state index contributed by atoms with van der Waals surface area (Å²) in [6.45, 7) is 3.53. The highest BCUT2D eigenvalue weighted by molar-refractivity contribution is 5.80. The maximum atomic E-state index is 13.1. The lowest BCUT2D eigenvalue weighted by molar-refractivity contribution is -0.118. The lowest BCUT2D eigenvalue weighted by Crippen LogP contribution is -2.03. The van der Waals surface area contributed by atoms with Gasteiger partial charge in [-0.25, -0.2) is 4.39 Å². The number of allylic oxidation sites excluding steroid dienone is 1. The highest BCUT2D eigenvalue weighted by Crippen LogP contribution is 2.08. The van der Waals surface area contributed by atoms with Crippen molar-refractivity contribution in [1.29, 1.82) is 0 Å². The van der Waals surface area contributed by atoms with E-state index in [-0.39, 0.29) is 18.0 Å². The van der Waals surface area contributed by atoms with Crippen molar-refractivity contribution in [1.82, 2.24) is 0 Å². The maximum absolute atomic E-state index is 13.1. The Kier molecular flexibility index (Phi) is 4.05. The summed E-state index contributed by atoms with van der Waals surface area (Å²) < 4.78 is 13.1. The summed E-state index contributed by atoms with van der Waals surface area (Å²) in [5.41, 5.74) is 0.474. The van der Waals surface area contributed by atoms with Crippen LogP contribution in [0.15, 0.2) is 36.9 Å². The third-order valence-corrected chi connectivity index (χ3v) is 1.97.